The first-order valence-electron chi connectivity index (χ1n) is 22.0. The van der Waals surface area contributed by atoms with Crippen LogP contribution in [-0.4, -0.2) is 95.7 Å². The summed E-state index contributed by atoms with van der Waals surface area (Å²) in [6.07, 6.45) is -2.08. The van der Waals surface area contributed by atoms with Crippen molar-refractivity contribution in [1.82, 2.24) is 31.5 Å². The third-order valence-electron chi connectivity index (χ3n) is 10.2. The first-order chi connectivity index (χ1) is 31.9. The third-order valence-corrected chi connectivity index (χ3v) is 10.2. The normalized spacial score (nSPS) is 12.5. The Hall–Kier alpha value is -7.21. The Balaban J connectivity index is 1.27. The summed E-state index contributed by atoms with van der Waals surface area (Å²) < 4.78 is 16.9. The van der Waals surface area contributed by atoms with E-state index in [1.807, 2.05) is 78.9 Å². The summed E-state index contributed by atoms with van der Waals surface area (Å²) >= 11 is 0. The molecule has 354 valence electrons. The number of alkyl carbamates (subject to hydrolysis) is 1. The number of nitrogens with one attached hydrogen (secondary N) is 5. The number of fused-ring (bicyclic) bond motifs is 1. The topological polar surface area (TPSA) is 246 Å². The minimum absolute atomic E-state index is 0.00341. The van der Waals surface area contributed by atoms with E-state index in [9.17, 15) is 33.9 Å². The molecule has 0 radical (unpaired) electrons. The first kappa shape index (κ1) is 51.4. The smallest absolute Gasteiger partial charge is 0.414 e. The van der Waals surface area contributed by atoms with Gasteiger partial charge in [0, 0.05) is 38.6 Å². The van der Waals surface area contributed by atoms with Crippen LogP contribution in [0, 0.1) is 0 Å². The number of rotatable bonds is 25. The number of amides is 6. The van der Waals surface area contributed by atoms with Crippen molar-refractivity contribution in [3.05, 3.63) is 120 Å². The quantitative estimate of drug-likeness (QED) is 0.0149. The standard InChI is InChI=1S/C48H61N7O11/c1-34(51-45(58)59)26-30-55(48(63)65-33-37-19-9-6-10-20-37)29-16-15-27-49-42(57)43(66-35(2)39-25-24-38-21-12-13-22-40(38)31-39)52-41(56)23-11-3-4-14-28-50-44(53-46(60)61)54-47(62)64-32-36-17-7-5-8-18-36/h5-10,12-13,17-22,24-25,31,34-35,43,51H,3-4,11,14-16,23,26-30,32-33H2,1-2H3,(H,49,57)(H,52,56)(H,58,59)(H,60,61)(H2,50,53,54,62)/t34-,35+,43+/m1/s1. The molecule has 0 spiro atoms. The van der Waals surface area contributed by atoms with Gasteiger partial charge in [0.1, 0.15) is 13.2 Å². The number of ether oxygens (including phenoxy) is 3. The van der Waals surface area contributed by atoms with E-state index in [1.54, 1.807) is 38.1 Å². The van der Waals surface area contributed by atoms with Crippen LogP contribution in [0.15, 0.2) is 108 Å². The lowest BCUT2D eigenvalue weighted by Crippen LogP contribution is -2.49. The van der Waals surface area contributed by atoms with Crippen LogP contribution >= 0.6 is 0 Å². The lowest BCUT2D eigenvalue weighted by atomic mass is 10.0. The van der Waals surface area contributed by atoms with Gasteiger partial charge in [-0.05, 0) is 79.5 Å². The molecule has 0 unspecified atom stereocenters. The molecule has 0 aliphatic carbocycles. The molecule has 0 saturated heterocycles. The molecule has 6 amide bonds. The largest absolute Gasteiger partial charge is 0.465 e. The van der Waals surface area contributed by atoms with E-state index in [0.29, 0.717) is 51.5 Å². The van der Waals surface area contributed by atoms with Crippen LogP contribution in [0.25, 0.3) is 10.8 Å². The Morgan fingerprint density at radius 3 is 2.00 bits per heavy atom. The summed E-state index contributed by atoms with van der Waals surface area (Å²) in [5.41, 5.74) is 2.40. The highest BCUT2D eigenvalue weighted by molar-refractivity contribution is 6.00. The van der Waals surface area contributed by atoms with Crippen molar-refractivity contribution in [2.75, 3.05) is 26.2 Å². The lowest BCUT2D eigenvalue weighted by Gasteiger charge is -2.24. The summed E-state index contributed by atoms with van der Waals surface area (Å²) in [6.45, 7) is 4.56. The van der Waals surface area contributed by atoms with Crippen molar-refractivity contribution in [3.8, 4) is 0 Å². The number of nitrogens with zero attached hydrogens (tertiary/aromatic N) is 2. The monoisotopic (exact) mass is 911 g/mol. The fraction of sp³-hybridized carbons (Fsp3) is 0.396. The van der Waals surface area contributed by atoms with Gasteiger partial charge < -0.3 is 45.3 Å². The second kappa shape index (κ2) is 28.6. The van der Waals surface area contributed by atoms with Crippen molar-refractivity contribution in [2.45, 2.75) is 96.8 Å². The number of hydrogen-bond acceptors (Lipinski definition) is 10. The van der Waals surface area contributed by atoms with Gasteiger partial charge in [-0.2, -0.15) is 0 Å². The SMILES string of the molecule is C[C@H](CCN(CCCCNC(=O)[C@@H](NC(=O)CCCCCCN=C(NC(=O)O)NC(=O)OCc1ccccc1)O[C@@H](C)c1ccc2ccccc2c1)C(=O)OCc1ccccc1)NC(=O)O. The Kier molecular flexibility index (Phi) is 22.2. The molecule has 18 heteroatoms. The second-order valence-corrected chi connectivity index (χ2v) is 15.5. The molecule has 7 N–H and O–H groups in total. The van der Waals surface area contributed by atoms with E-state index >= 15 is 0 Å². The number of hydrogen-bond donors (Lipinski definition) is 7. The van der Waals surface area contributed by atoms with Crippen LogP contribution < -0.4 is 26.6 Å². The van der Waals surface area contributed by atoms with Crippen molar-refractivity contribution >= 4 is 52.9 Å². The molecule has 3 atom stereocenters. The molecule has 0 aromatic heterocycles. The van der Waals surface area contributed by atoms with E-state index < -0.39 is 48.7 Å². The summed E-state index contributed by atoms with van der Waals surface area (Å²) in [7, 11) is 0. The number of benzene rings is 4. The second-order valence-electron chi connectivity index (χ2n) is 15.5. The van der Waals surface area contributed by atoms with Crippen molar-refractivity contribution in [1.29, 1.82) is 0 Å². The maximum absolute atomic E-state index is 13.6. The Morgan fingerprint density at radius 1 is 0.667 bits per heavy atom. The van der Waals surface area contributed by atoms with E-state index in [0.717, 1.165) is 27.5 Å². The molecule has 4 aromatic carbocycles. The number of unbranched alkanes of at least 4 members (excludes halogenated alkanes) is 4. The Morgan fingerprint density at radius 2 is 1.32 bits per heavy atom. The number of aliphatic imine (C=N–C) groups is 1. The average Bonchev–Trinajstić information content (AvgIpc) is 3.30. The van der Waals surface area contributed by atoms with Crippen LogP contribution in [0.5, 0.6) is 0 Å². The van der Waals surface area contributed by atoms with Crippen LogP contribution in [0.1, 0.15) is 88.0 Å². The van der Waals surface area contributed by atoms with E-state index in [4.69, 9.17) is 19.3 Å². The van der Waals surface area contributed by atoms with Crippen molar-refractivity contribution < 1.29 is 53.2 Å². The molecule has 66 heavy (non-hydrogen) atoms. The van der Waals surface area contributed by atoms with Gasteiger partial charge in [-0.1, -0.05) is 110 Å². The number of guanidine groups is 1. The Bertz CT molecular complexity index is 2190. The number of carboxylic acid groups (broad SMARTS) is 2. The molecule has 18 nitrogen and oxygen atoms in total. The van der Waals surface area contributed by atoms with Crippen molar-refractivity contribution in [2.24, 2.45) is 4.99 Å². The van der Waals surface area contributed by atoms with Gasteiger partial charge in [0.05, 0.1) is 6.10 Å². The highest BCUT2D eigenvalue weighted by atomic mass is 16.6. The molecule has 0 aliphatic heterocycles. The van der Waals surface area contributed by atoms with Crippen LogP contribution in [0.3, 0.4) is 0 Å². The Labute approximate surface area is 384 Å². The predicted octanol–water partition coefficient (Wildman–Crippen LogP) is 7.44. The maximum Gasteiger partial charge on any atom is 0.414 e. The molecule has 0 aliphatic rings. The van der Waals surface area contributed by atoms with Gasteiger partial charge in [-0.25, -0.2) is 19.2 Å². The fourth-order valence-electron chi connectivity index (χ4n) is 6.60. The van der Waals surface area contributed by atoms with Crippen molar-refractivity contribution in [3.63, 3.8) is 0 Å². The molecule has 0 saturated carbocycles. The zero-order valence-electron chi connectivity index (χ0n) is 37.4. The number of carbonyl (C=O) groups is 6. The molecule has 0 heterocycles. The molecule has 0 fully saturated rings. The fourth-order valence-corrected chi connectivity index (χ4v) is 6.60. The van der Waals surface area contributed by atoms with E-state index in [1.165, 1.54) is 4.90 Å². The zero-order valence-corrected chi connectivity index (χ0v) is 37.4. The average molecular weight is 912 g/mol. The lowest BCUT2D eigenvalue weighted by molar-refractivity contribution is -0.145. The van der Waals surface area contributed by atoms with Gasteiger partial charge in [0.2, 0.25) is 18.1 Å². The van der Waals surface area contributed by atoms with Crippen LogP contribution in [0.4, 0.5) is 19.2 Å². The summed E-state index contributed by atoms with van der Waals surface area (Å²) in [4.78, 5) is 80.2. The first-order valence-corrected chi connectivity index (χ1v) is 22.0. The van der Waals surface area contributed by atoms with Gasteiger partial charge >= 0.3 is 24.4 Å². The minimum atomic E-state index is -1.40. The summed E-state index contributed by atoms with van der Waals surface area (Å²) in [6, 6.07) is 31.6. The van der Waals surface area contributed by atoms with Gasteiger partial charge in [0.15, 0.2) is 0 Å². The highest BCUT2D eigenvalue weighted by Crippen LogP contribution is 2.23. The van der Waals surface area contributed by atoms with E-state index in [-0.39, 0.29) is 51.1 Å². The molecular weight excluding hydrogens is 851 g/mol. The van der Waals surface area contributed by atoms with Crippen LogP contribution in [0.2, 0.25) is 0 Å². The summed E-state index contributed by atoms with van der Waals surface area (Å²) in [5.74, 6) is -1.19. The van der Waals surface area contributed by atoms with Crippen LogP contribution in [-0.2, 0) is 37.0 Å². The minimum Gasteiger partial charge on any atom is -0.465 e. The maximum atomic E-state index is 13.6. The highest BCUT2D eigenvalue weighted by Gasteiger charge is 2.25. The molecule has 4 rings (SSSR count). The summed E-state index contributed by atoms with van der Waals surface area (Å²) in [5, 5.41) is 32.7. The molecule has 4 aromatic rings. The van der Waals surface area contributed by atoms with Gasteiger partial charge in [-0.3, -0.25) is 25.2 Å². The van der Waals surface area contributed by atoms with Gasteiger partial charge in [0.25, 0.3) is 5.91 Å². The predicted molar refractivity (Wildman–Crippen MR) is 247 cm³/mol. The third kappa shape index (κ3) is 20.1. The zero-order chi connectivity index (χ0) is 47.5. The van der Waals surface area contributed by atoms with E-state index in [2.05, 4.69) is 31.6 Å². The molecule has 0 bridgehead atoms. The number of carbonyl (C=O) groups excluding carboxylic acids is 4. The van der Waals surface area contributed by atoms with Gasteiger partial charge in [-0.15, -0.1) is 0 Å². The molecular formula is C48H61N7O11.